The molecule has 3 heteroatoms. The molecular weight excluding hydrogens is 260 g/mol. The molecule has 1 aromatic rings. The van der Waals surface area contributed by atoms with Gasteiger partial charge >= 0.3 is 0 Å². The predicted octanol–water partition coefficient (Wildman–Crippen LogP) is 4.08. The Bertz CT molecular complexity index is 455. The molecule has 118 valence electrons. The fourth-order valence-corrected chi connectivity index (χ4v) is 2.79. The molecule has 1 saturated carbocycles. The molecule has 0 spiro atoms. The number of aromatic hydroxyl groups is 1. The normalized spacial score (nSPS) is 16.2. The lowest BCUT2D eigenvalue weighted by atomic mass is 10.1. The van der Waals surface area contributed by atoms with Crippen LogP contribution in [0.5, 0.6) is 5.75 Å². The van der Waals surface area contributed by atoms with Gasteiger partial charge in [-0.05, 0) is 44.7 Å². The molecule has 1 unspecified atom stereocenters. The molecule has 1 aliphatic carbocycles. The fraction of sp³-hybridized carbons (Fsp3) is 0.667. The van der Waals surface area contributed by atoms with Gasteiger partial charge in [0, 0.05) is 35.9 Å². The highest BCUT2D eigenvalue weighted by molar-refractivity contribution is 5.55. The average molecular weight is 290 g/mol. The van der Waals surface area contributed by atoms with Crippen LogP contribution < -0.4 is 10.2 Å². The molecule has 0 bridgehead atoms. The molecule has 0 aromatic heterocycles. The smallest absolute Gasteiger partial charge is 0.122 e. The van der Waals surface area contributed by atoms with Crippen LogP contribution in [0, 0.1) is 5.92 Å². The Balaban J connectivity index is 2.13. The average Bonchev–Trinajstić information content (AvgIpc) is 3.26. The van der Waals surface area contributed by atoms with Gasteiger partial charge in [0.25, 0.3) is 0 Å². The van der Waals surface area contributed by atoms with E-state index in [0.717, 1.165) is 30.8 Å². The maximum Gasteiger partial charge on any atom is 0.122 e. The van der Waals surface area contributed by atoms with Crippen LogP contribution in [0.2, 0.25) is 0 Å². The molecule has 1 aromatic carbocycles. The van der Waals surface area contributed by atoms with Crippen LogP contribution in [0.4, 0.5) is 5.69 Å². The summed E-state index contributed by atoms with van der Waals surface area (Å²) < 4.78 is 0. The molecule has 0 radical (unpaired) electrons. The standard InChI is InChI=1S/C18H30N2O/c1-5-10-19-14(4)17-9-8-16(11-18(17)21)20(12-13(2)3)15-6-7-15/h8-9,11,13-15,19,21H,5-7,10,12H2,1-4H3. The minimum atomic E-state index is 0.193. The van der Waals surface area contributed by atoms with Gasteiger partial charge in [0.1, 0.15) is 5.75 Å². The number of nitrogens with zero attached hydrogens (tertiary/aromatic N) is 1. The number of phenols is 1. The van der Waals surface area contributed by atoms with Crippen LogP contribution in [0.15, 0.2) is 18.2 Å². The first kappa shape index (κ1) is 16.2. The number of hydrogen-bond acceptors (Lipinski definition) is 3. The van der Waals surface area contributed by atoms with Crippen molar-refractivity contribution >= 4 is 5.69 Å². The van der Waals surface area contributed by atoms with E-state index in [0.29, 0.717) is 17.7 Å². The second kappa shape index (κ2) is 7.17. The van der Waals surface area contributed by atoms with Gasteiger partial charge in [-0.25, -0.2) is 0 Å². The van der Waals surface area contributed by atoms with Gasteiger partial charge in [-0.2, -0.15) is 0 Å². The SMILES string of the molecule is CCCNC(C)c1ccc(N(CC(C)C)C2CC2)cc1O. The van der Waals surface area contributed by atoms with Crippen molar-refractivity contribution in [2.45, 2.75) is 59.0 Å². The second-order valence-electron chi connectivity index (χ2n) is 6.70. The summed E-state index contributed by atoms with van der Waals surface area (Å²) in [6.45, 7) is 10.8. The number of phenolic OH excluding ortho intramolecular Hbond substituents is 1. The van der Waals surface area contributed by atoms with E-state index in [1.54, 1.807) is 0 Å². The lowest BCUT2D eigenvalue weighted by Gasteiger charge is -2.27. The number of anilines is 1. The summed E-state index contributed by atoms with van der Waals surface area (Å²) in [5, 5.41) is 13.8. The molecule has 1 aliphatic rings. The largest absolute Gasteiger partial charge is 0.508 e. The molecule has 1 atom stereocenters. The zero-order chi connectivity index (χ0) is 15.4. The lowest BCUT2D eigenvalue weighted by molar-refractivity contribution is 0.452. The number of rotatable bonds is 8. The highest BCUT2D eigenvalue weighted by Gasteiger charge is 2.30. The molecule has 2 N–H and O–H groups in total. The first-order valence-electron chi connectivity index (χ1n) is 8.35. The highest BCUT2D eigenvalue weighted by atomic mass is 16.3. The van der Waals surface area contributed by atoms with Gasteiger partial charge in [0.15, 0.2) is 0 Å². The van der Waals surface area contributed by atoms with Crippen molar-refractivity contribution in [3.63, 3.8) is 0 Å². The Morgan fingerprint density at radius 3 is 2.52 bits per heavy atom. The summed E-state index contributed by atoms with van der Waals surface area (Å²) in [6, 6.07) is 7.06. The Morgan fingerprint density at radius 2 is 2.00 bits per heavy atom. The number of benzene rings is 1. The van der Waals surface area contributed by atoms with Crippen LogP contribution in [0.1, 0.15) is 58.6 Å². The van der Waals surface area contributed by atoms with E-state index >= 15 is 0 Å². The van der Waals surface area contributed by atoms with Gasteiger partial charge < -0.3 is 15.3 Å². The fourth-order valence-electron chi connectivity index (χ4n) is 2.79. The minimum absolute atomic E-state index is 0.193. The number of nitrogens with one attached hydrogen (secondary N) is 1. The molecule has 0 amide bonds. The van der Waals surface area contributed by atoms with Crippen LogP contribution in [0.3, 0.4) is 0 Å². The Hall–Kier alpha value is -1.22. The van der Waals surface area contributed by atoms with Crippen molar-refractivity contribution in [3.05, 3.63) is 23.8 Å². The topological polar surface area (TPSA) is 35.5 Å². The highest BCUT2D eigenvalue weighted by Crippen LogP contribution is 2.35. The van der Waals surface area contributed by atoms with Crippen molar-refractivity contribution in [2.24, 2.45) is 5.92 Å². The molecule has 3 nitrogen and oxygen atoms in total. The molecular formula is C18H30N2O. The monoisotopic (exact) mass is 290 g/mol. The van der Waals surface area contributed by atoms with Gasteiger partial charge in [-0.15, -0.1) is 0 Å². The Kier molecular flexibility index (Phi) is 5.51. The van der Waals surface area contributed by atoms with Gasteiger partial charge in [-0.1, -0.05) is 26.8 Å². The first-order chi connectivity index (χ1) is 10.0. The second-order valence-corrected chi connectivity index (χ2v) is 6.70. The molecule has 1 fully saturated rings. The predicted molar refractivity (Wildman–Crippen MR) is 90.0 cm³/mol. The van der Waals surface area contributed by atoms with E-state index in [1.165, 1.54) is 12.8 Å². The summed E-state index contributed by atoms with van der Waals surface area (Å²) in [6.07, 6.45) is 3.67. The Labute approximate surface area is 129 Å². The quantitative estimate of drug-likeness (QED) is 0.757. The van der Waals surface area contributed by atoms with E-state index in [2.05, 4.69) is 50.0 Å². The van der Waals surface area contributed by atoms with Crippen molar-refractivity contribution in [1.29, 1.82) is 0 Å². The summed E-state index contributed by atoms with van der Waals surface area (Å²) in [5.41, 5.74) is 2.16. The van der Waals surface area contributed by atoms with Crippen molar-refractivity contribution < 1.29 is 5.11 Å². The molecule has 0 heterocycles. The van der Waals surface area contributed by atoms with Crippen LogP contribution in [-0.2, 0) is 0 Å². The van der Waals surface area contributed by atoms with E-state index in [9.17, 15) is 5.11 Å². The number of hydrogen-bond donors (Lipinski definition) is 2. The van der Waals surface area contributed by atoms with Gasteiger partial charge in [0.05, 0.1) is 0 Å². The van der Waals surface area contributed by atoms with Gasteiger partial charge in [-0.3, -0.25) is 0 Å². The van der Waals surface area contributed by atoms with Crippen molar-refractivity contribution in [2.75, 3.05) is 18.0 Å². The molecule has 2 rings (SSSR count). The zero-order valence-corrected chi connectivity index (χ0v) is 13.9. The van der Waals surface area contributed by atoms with E-state index in [4.69, 9.17) is 0 Å². The summed E-state index contributed by atoms with van der Waals surface area (Å²) in [7, 11) is 0. The minimum Gasteiger partial charge on any atom is -0.508 e. The lowest BCUT2D eigenvalue weighted by Crippen LogP contribution is -2.29. The first-order valence-corrected chi connectivity index (χ1v) is 8.35. The van der Waals surface area contributed by atoms with E-state index < -0.39 is 0 Å². The third-order valence-corrected chi connectivity index (χ3v) is 4.06. The summed E-state index contributed by atoms with van der Waals surface area (Å²) in [4.78, 5) is 2.46. The van der Waals surface area contributed by atoms with Gasteiger partial charge in [0.2, 0.25) is 0 Å². The van der Waals surface area contributed by atoms with Crippen LogP contribution in [0.25, 0.3) is 0 Å². The zero-order valence-electron chi connectivity index (χ0n) is 13.9. The Morgan fingerprint density at radius 1 is 1.29 bits per heavy atom. The summed E-state index contributed by atoms with van der Waals surface area (Å²) in [5.74, 6) is 1.05. The van der Waals surface area contributed by atoms with Crippen LogP contribution >= 0.6 is 0 Å². The van der Waals surface area contributed by atoms with Crippen molar-refractivity contribution in [3.8, 4) is 5.75 Å². The third kappa shape index (κ3) is 4.37. The van der Waals surface area contributed by atoms with E-state index in [1.807, 2.05) is 6.07 Å². The molecule has 0 aliphatic heterocycles. The molecule has 21 heavy (non-hydrogen) atoms. The van der Waals surface area contributed by atoms with Crippen molar-refractivity contribution in [1.82, 2.24) is 5.32 Å². The maximum atomic E-state index is 10.4. The maximum absolute atomic E-state index is 10.4. The van der Waals surface area contributed by atoms with Crippen LogP contribution in [-0.4, -0.2) is 24.2 Å². The summed E-state index contributed by atoms with van der Waals surface area (Å²) >= 11 is 0. The molecule has 0 saturated heterocycles. The van der Waals surface area contributed by atoms with E-state index in [-0.39, 0.29) is 6.04 Å². The third-order valence-electron chi connectivity index (χ3n) is 4.06.